The summed E-state index contributed by atoms with van der Waals surface area (Å²) in [7, 11) is 2.14. The van der Waals surface area contributed by atoms with E-state index in [0.717, 1.165) is 73.3 Å². The Hall–Kier alpha value is -3.34. The molecule has 3 aromatic rings. The van der Waals surface area contributed by atoms with Crippen molar-refractivity contribution in [2.75, 3.05) is 39.0 Å². The highest BCUT2D eigenvalue weighted by Crippen LogP contribution is 2.35. The standard InChI is InChI=1S/C25H29F3N6O2/c1-33-8-4-16(5-9-33)21-14-31-23-22(32-21)19(13-30-23)15-6-10-34(11-7-15)24(35)18-3-2-17(12-20(18)29)36-25(26,27)28/h2-3,12-16H,4-11,29H2,1H3,(H,30,31). The van der Waals surface area contributed by atoms with E-state index in [9.17, 15) is 18.0 Å². The van der Waals surface area contributed by atoms with Crippen molar-refractivity contribution in [2.45, 2.75) is 43.9 Å². The van der Waals surface area contributed by atoms with Crippen molar-refractivity contribution in [3.63, 3.8) is 0 Å². The number of nitrogens with two attached hydrogens (primary N) is 1. The van der Waals surface area contributed by atoms with Crippen LogP contribution < -0.4 is 10.5 Å². The molecule has 11 heteroatoms. The maximum absolute atomic E-state index is 13.0. The molecule has 0 atom stereocenters. The molecule has 192 valence electrons. The van der Waals surface area contributed by atoms with Gasteiger partial charge in [-0.1, -0.05) is 0 Å². The number of benzene rings is 1. The average molecular weight is 503 g/mol. The van der Waals surface area contributed by atoms with Crippen molar-refractivity contribution in [1.82, 2.24) is 24.8 Å². The number of carbonyl (C=O) groups excluding carboxylic acids is 1. The number of alkyl halides is 3. The summed E-state index contributed by atoms with van der Waals surface area (Å²) in [6.45, 7) is 3.13. The van der Waals surface area contributed by atoms with Gasteiger partial charge < -0.3 is 25.3 Å². The number of nitrogens with zero attached hydrogens (tertiary/aromatic N) is 4. The van der Waals surface area contributed by atoms with E-state index in [1.165, 1.54) is 6.07 Å². The van der Waals surface area contributed by atoms with E-state index in [4.69, 9.17) is 10.7 Å². The number of rotatable bonds is 4. The van der Waals surface area contributed by atoms with Crippen molar-refractivity contribution in [3.05, 3.63) is 47.4 Å². The van der Waals surface area contributed by atoms with Gasteiger partial charge in [-0.15, -0.1) is 13.2 Å². The Labute approximate surface area is 206 Å². The molecule has 0 saturated carbocycles. The number of nitrogen functional groups attached to an aromatic ring is 1. The highest BCUT2D eigenvalue weighted by atomic mass is 19.4. The van der Waals surface area contributed by atoms with Gasteiger partial charge >= 0.3 is 6.36 Å². The van der Waals surface area contributed by atoms with Gasteiger partial charge in [0, 0.05) is 42.5 Å². The van der Waals surface area contributed by atoms with Gasteiger partial charge in [-0.05, 0) is 63.9 Å². The number of halogens is 3. The molecule has 4 heterocycles. The van der Waals surface area contributed by atoms with Crippen LogP contribution in [0.25, 0.3) is 11.2 Å². The van der Waals surface area contributed by atoms with Gasteiger partial charge in [0.25, 0.3) is 5.91 Å². The van der Waals surface area contributed by atoms with Crippen LogP contribution >= 0.6 is 0 Å². The molecule has 8 nitrogen and oxygen atoms in total. The fourth-order valence-electron chi connectivity index (χ4n) is 5.23. The molecular weight excluding hydrogens is 473 g/mol. The minimum absolute atomic E-state index is 0.0442. The van der Waals surface area contributed by atoms with E-state index < -0.39 is 12.1 Å². The number of nitrogens with one attached hydrogen (secondary N) is 1. The third-order valence-electron chi connectivity index (χ3n) is 7.27. The second-order valence-electron chi connectivity index (χ2n) is 9.68. The number of aromatic amines is 1. The van der Waals surface area contributed by atoms with Gasteiger partial charge in [0.2, 0.25) is 0 Å². The molecule has 0 spiro atoms. The van der Waals surface area contributed by atoms with Crippen LogP contribution in [-0.4, -0.2) is 70.2 Å². The van der Waals surface area contributed by atoms with Gasteiger partial charge in [-0.3, -0.25) is 4.79 Å². The first-order chi connectivity index (χ1) is 17.2. The van der Waals surface area contributed by atoms with E-state index in [0.29, 0.717) is 19.0 Å². The molecule has 0 radical (unpaired) electrons. The first kappa shape index (κ1) is 24.4. The zero-order valence-corrected chi connectivity index (χ0v) is 20.0. The Morgan fingerprint density at radius 2 is 1.81 bits per heavy atom. The van der Waals surface area contributed by atoms with Crippen molar-refractivity contribution in [1.29, 1.82) is 0 Å². The number of amides is 1. The van der Waals surface area contributed by atoms with Crippen molar-refractivity contribution in [2.24, 2.45) is 0 Å². The van der Waals surface area contributed by atoms with Gasteiger partial charge in [-0.25, -0.2) is 9.97 Å². The number of likely N-dealkylation sites (tertiary alicyclic amines) is 2. The Morgan fingerprint density at radius 3 is 2.47 bits per heavy atom. The van der Waals surface area contributed by atoms with E-state index >= 15 is 0 Å². The minimum Gasteiger partial charge on any atom is -0.406 e. The molecule has 5 rings (SSSR count). The number of piperidine rings is 2. The van der Waals surface area contributed by atoms with Crippen molar-refractivity contribution in [3.8, 4) is 5.75 Å². The maximum Gasteiger partial charge on any atom is 0.573 e. The van der Waals surface area contributed by atoms with Crippen LogP contribution in [-0.2, 0) is 0 Å². The van der Waals surface area contributed by atoms with Crippen LogP contribution in [0.5, 0.6) is 5.75 Å². The van der Waals surface area contributed by atoms with Gasteiger partial charge in [-0.2, -0.15) is 0 Å². The van der Waals surface area contributed by atoms with Crippen LogP contribution in [0.3, 0.4) is 0 Å². The fraction of sp³-hybridized carbons (Fsp3) is 0.480. The summed E-state index contributed by atoms with van der Waals surface area (Å²) in [5, 5.41) is 0. The molecule has 2 aliphatic heterocycles. The molecular formula is C25H29F3N6O2. The monoisotopic (exact) mass is 502 g/mol. The summed E-state index contributed by atoms with van der Waals surface area (Å²) >= 11 is 0. The van der Waals surface area contributed by atoms with Crippen LogP contribution in [0.1, 0.15) is 59.1 Å². The van der Waals surface area contributed by atoms with E-state index in [-0.39, 0.29) is 23.1 Å². The lowest BCUT2D eigenvalue weighted by Crippen LogP contribution is -2.38. The normalized spacial score (nSPS) is 18.6. The lowest BCUT2D eigenvalue weighted by Gasteiger charge is -2.32. The number of fused-ring (bicyclic) bond motifs is 1. The van der Waals surface area contributed by atoms with Gasteiger partial charge in [0.15, 0.2) is 5.65 Å². The summed E-state index contributed by atoms with van der Waals surface area (Å²) in [4.78, 5) is 29.9. The quantitative estimate of drug-likeness (QED) is 0.517. The Balaban J connectivity index is 1.26. The van der Waals surface area contributed by atoms with Gasteiger partial charge in [0.1, 0.15) is 11.3 Å². The predicted molar refractivity (Wildman–Crippen MR) is 129 cm³/mol. The van der Waals surface area contributed by atoms with Gasteiger partial charge in [0.05, 0.1) is 17.5 Å². The number of ether oxygens (including phenoxy) is 1. The molecule has 0 aliphatic carbocycles. The van der Waals surface area contributed by atoms with Crippen LogP contribution in [0.4, 0.5) is 18.9 Å². The van der Waals surface area contributed by atoms with Crippen molar-refractivity contribution < 1.29 is 22.7 Å². The SMILES string of the molecule is CN1CCC(c2cnc3[nH]cc(C4CCN(C(=O)c5ccc(OC(F)(F)F)cc5N)CC4)c3n2)CC1. The molecule has 36 heavy (non-hydrogen) atoms. The lowest BCUT2D eigenvalue weighted by molar-refractivity contribution is -0.274. The summed E-state index contributed by atoms with van der Waals surface area (Å²) in [6, 6.07) is 3.42. The average Bonchev–Trinajstić information content (AvgIpc) is 3.27. The largest absolute Gasteiger partial charge is 0.573 e. The highest BCUT2D eigenvalue weighted by Gasteiger charge is 2.32. The van der Waals surface area contributed by atoms with Crippen LogP contribution in [0.15, 0.2) is 30.6 Å². The second kappa shape index (κ2) is 9.61. The van der Waals surface area contributed by atoms with Crippen LogP contribution in [0, 0.1) is 0 Å². The zero-order valence-electron chi connectivity index (χ0n) is 20.0. The summed E-state index contributed by atoms with van der Waals surface area (Å²) < 4.78 is 41.2. The van der Waals surface area contributed by atoms with E-state index in [1.807, 2.05) is 12.4 Å². The first-order valence-corrected chi connectivity index (χ1v) is 12.1. The first-order valence-electron chi connectivity index (χ1n) is 12.1. The summed E-state index contributed by atoms with van der Waals surface area (Å²) in [5.41, 5.74) is 9.84. The number of H-pyrrole nitrogens is 1. The molecule has 0 unspecified atom stereocenters. The third kappa shape index (κ3) is 5.11. The number of carbonyl (C=O) groups is 1. The highest BCUT2D eigenvalue weighted by molar-refractivity contribution is 5.99. The number of anilines is 1. The van der Waals surface area contributed by atoms with E-state index in [1.54, 1.807) is 4.90 Å². The lowest BCUT2D eigenvalue weighted by atomic mass is 9.90. The number of aromatic nitrogens is 3. The third-order valence-corrected chi connectivity index (χ3v) is 7.27. The molecule has 0 bridgehead atoms. The number of hydrogen-bond donors (Lipinski definition) is 2. The second-order valence-corrected chi connectivity index (χ2v) is 9.68. The maximum atomic E-state index is 13.0. The number of hydrogen-bond acceptors (Lipinski definition) is 6. The fourth-order valence-corrected chi connectivity index (χ4v) is 5.23. The summed E-state index contributed by atoms with van der Waals surface area (Å²) in [6.07, 6.45) is 2.67. The Kier molecular flexibility index (Phi) is 6.50. The van der Waals surface area contributed by atoms with E-state index in [2.05, 4.69) is 26.7 Å². The Morgan fingerprint density at radius 1 is 1.11 bits per heavy atom. The smallest absolute Gasteiger partial charge is 0.406 e. The molecule has 2 aliphatic rings. The topological polar surface area (TPSA) is 100 Å². The molecule has 2 saturated heterocycles. The van der Waals surface area contributed by atoms with Crippen molar-refractivity contribution >= 4 is 22.8 Å². The van der Waals surface area contributed by atoms with Crippen LogP contribution in [0.2, 0.25) is 0 Å². The molecule has 1 aromatic carbocycles. The summed E-state index contributed by atoms with van der Waals surface area (Å²) in [5.74, 6) is -0.105. The minimum atomic E-state index is -4.82. The molecule has 3 N–H and O–H groups in total. The Bertz CT molecular complexity index is 1240. The molecule has 2 aromatic heterocycles. The molecule has 1 amide bonds. The molecule has 2 fully saturated rings. The predicted octanol–water partition coefficient (Wildman–Crippen LogP) is 4.27. The zero-order chi connectivity index (χ0) is 25.4.